The lowest BCUT2D eigenvalue weighted by Gasteiger charge is -2.47. The average Bonchev–Trinajstić information content (AvgIpc) is 2.90. The van der Waals surface area contributed by atoms with Crippen LogP contribution in [-0.4, -0.2) is 52.0 Å². The maximum atomic E-state index is 15.0. The predicted octanol–water partition coefficient (Wildman–Crippen LogP) is 4.95. The third-order valence-corrected chi connectivity index (χ3v) is 7.63. The van der Waals surface area contributed by atoms with Crippen molar-refractivity contribution >= 4 is 22.7 Å². The van der Waals surface area contributed by atoms with Crippen LogP contribution >= 0.6 is 0 Å². The first-order chi connectivity index (χ1) is 18.1. The van der Waals surface area contributed by atoms with E-state index in [4.69, 9.17) is 4.74 Å². The van der Waals surface area contributed by atoms with Gasteiger partial charge in [0, 0.05) is 24.0 Å². The second kappa shape index (κ2) is 11.8. The van der Waals surface area contributed by atoms with Gasteiger partial charge in [0.05, 0.1) is 19.6 Å². The van der Waals surface area contributed by atoms with Crippen molar-refractivity contribution in [1.29, 1.82) is 0 Å². The van der Waals surface area contributed by atoms with E-state index in [1.807, 2.05) is 0 Å². The highest BCUT2D eigenvalue weighted by molar-refractivity contribution is 7.79. The van der Waals surface area contributed by atoms with Crippen molar-refractivity contribution in [2.45, 2.75) is 30.3 Å². The van der Waals surface area contributed by atoms with Crippen LogP contribution in [0.5, 0.6) is 0 Å². The number of amides is 1. The van der Waals surface area contributed by atoms with Crippen molar-refractivity contribution in [3.8, 4) is 0 Å². The molecule has 3 atom stereocenters. The molecule has 1 aliphatic rings. The summed E-state index contributed by atoms with van der Waals surface area (Å²) < 4.78 is 72.7. The number of hydrogen-bond donors (Lipinski definition) is 1. The van der Waals surface area contributed by atoms with Crippen LogP contribution in [0.2, 0.25) is 0 Å². The van der Waals surface area contributed by atoms with Crippen LogP contribution < -0.4 is 5.32 Å². The van der Waals surface area contributed by atoms with Crippen molar-refractivity contribution < 1.29 is 31.5 Å². The lowest BCUT2D eigenvalue weighted by atomic mass is 9.80. The first kappa shape index (κ1) is 28.0. The van der Waals surface area contributed by atoms with Crippen molar-refractivity contribution in [2.24, 2.45) is 0 Å². The van der Waals surface area contributed by atoms with Gasteiger partial charge < -0.3 is 14.6 Å². The first-order valence-electron chi connectivity index (χ1n) is 12.2. The number of anilines is 1. The summed E-state index contributed by atoms with van der Waals surface area (Å²) in [4.78, 5) is 14.0. The summed E-state index contributed by atoms with van der Waals surface area (Å²) >= 11 is -2.24. The van der Waals surface area contributed by atoms with E-state index in [1.54, 1.807) is 49.4 Å². The molecule has 4 rings (SSSR count). The van der Waals surface area contributed by atoms with Crippen LogP contribution in [0.3, 0.4) is 0 Å². The fourth-order valence-corrected chi connectivity index (χ4v) is 5.20. The van der Waals surface area contributed by atoms with Crippen LogP contribution in [0.4, 0.5) is 18.9 Å². The van der Waals surface area contributed by atoms with Gasteiger partial charge in [-0.2, -0.15) is 13.2 Å². The molecule has 202 valence electrons. The van der Waals surface area contributed by atoms with Gasteiger partial charge in [-0.05, 0) is 52.4 Å². The van der Waals surface area contributed by atoms with Crippen molar-refractivity contribution in [1.82, 2.24) is 4.90 Å². The molecule has 0 bridgehead atoms. The standard InChI is InChI=1S/C28H29F3N2O4S/c1-20(38(35)36)22-9-7-21(8-10-22)19-26(34)32-25-13-11-24(12-14-25)27(28(29,30)31,23-5-3-2-4-6-23)33-15-17-37-18-16-33/h2-14,20H,15-19H2,1H3,(H,32,34)(H,35,36)/p-1. The molecule has 0 aromatic heterocycles. The number of alkyl halides is 3. The van der Waals surface area contributed by atoms with Crippen LogP contribution in [-0.2, 0) is 32.6 Å². The Morgan fingerprint density at radius 3 is 2.11 bits per heavy atom. The molecule has 3 aromatic carbocycles. The number of morpholine rings is 1. The molecule has 6 nitrogen and oxygen atoms in total. The Labute approximate surface area is 222 Å². The van der Waals surface area contributed by atoms with E-state index in [-0.39, 0.29) is 49.8 Å². The SMILES string of the molecule is CC(c1ccc(CC(=O)Nc2ccc(C(c3ccccc3)(N3CCOCC3)C(F)(F)F)cc2)cc1)S(=O)[O-]. The molecule has 0 saturated carbocycles. The molecule has 1 fully saturated rings. The third-order valence-electron chi connectivity index (χ3n) is 6.78. The Bertz CT molecular complexity index is 1250. The van der Waals surface area contributed by atoms with E-state index >= 15 is 13.2 Å². The number of nitrogens with zero attached hydrogens (tertiary/aromatic N) is 1. The largest absolute Gasteiger partial charge is 0.772 e. The highest BCUT2D eigenvalue weighted by Gasteiger charge is 2.60. The van der Waals surface area contributed by atoms with Crippen LogP contribution in [0, 0.1) is 0 Å². The molecule has 1 amide bonds. The van der Waals surface area contributed by atoms with Gasteiger partial charge in [-0.1, -0.05) is 66.7 Å². The lowest BCUT2D eigenvalue weighted by molar-refractivity contribution is -0.231. The van der Waals surface area contributed by atoms with Gasteiger partial charge in [0.2, 0.25) is 5.91 Å². The fraction of sp³-hybridized carbons (Fsp3) is 0.321. The van der Waals surface area contributed by atoms with Gasteiger partial charge in [0.15, 0.2) is 5.54 Å². The summed E-state index contributed by atoms with van der Waals surface area (Å²) in [6.45, 7) is 2.21. The zero-order valence-electron chi connectivity index (χ0n) is 20.7. The Morgan fingerprint density at radius 1 is 0.974 bits per heavy atom. The van der Waals surface area contributed by atoms with Crippen LogP contribution in [0.25, 0.3) is 0 Å². The van der Waals surface area contributed by atoms with Gasteiger partial charge >= 0.3 is 6.18 Å². The number of rotatable bonds is 8. The summed E-state index contributed by atoms with van der Waals surface area (Å²) in [7, 11) is 0. The molecule has 3 unspecified atom stereocenters. The number of hydrogen-bond acceptors (Lipinski definition) is 5. The highest BCUT2D eigenvalue weighted by atomic mass is 32.2. The number of carbonyl (C=O) groups is 1. The maximum Gasteiger partial charge on any atom is 0.415 e. The molecule has 1 N–H and O–H groups in total. The Kier molecular flexibility index (Phi) is 8.67. The normalized spacial score (nSPS) is 17.8. The molecule has 10 heteroatoms. The highest BCUT2D eigenvalue weighted by Crippen LogP contribution is 2.49. The van der Waals surface area contributed by atoms with Gasteiger partial charge in [-0.25, -0.2) is 0 Å². The van der Waals surface area contributed by atoms with E-state index in [1.165, 1.54) is 41.3 Å². The summed E-state index contributed by atoms with van der Waals surface area (Å²) in [5.74, 6) is -0.343. The van der Waals surface area contributed by atoms with Crippen molar-refractivity contribution in [2.75, 3.05) is 31.6 Å². The molecule has 0 spiro atoms. The van der Waals surface area contributed by atoms with E-state index in [0.717, 1.165) is 0 Å². The van der Waals surface area contributed by atoms with Crippen LogP contribution in [0.1, 0.15) is 34.4 Å². The number of nitrogens with one attached hydrogen (secondary N) is 1. The monoisotopic (exact) mass is 545 g/mol. The minimum atomic E-state index is -4.63. The molecule has 0 aliphatic carbocycles. The Morgan fingerprint density at radius 2 is 1.55 bits per heavy atom. The van der Waals surface area contributed by atoms with E-state index in [0.29, 0.717) is 16.8 Å². The second-order valence-electron chi connectivity index (χ2n) is 9.12. The molecule has 1 aliphatic heterocycles. The van der Waals surface area contributed by atoms with E-state index in [9.17, 15) is 13.6 Å². The molecule has 1 saturated heterocycles. The second-order valence-corrected chi connectivity index (χ2v) is 10.3. The van der Waals surface area contributed by atoms with Crippen molar-refractivity contribution in [3.05, 3.63) is 101 Å². The minimum absolute atomic E-state index is 0.0289. The summed E-state index contributed by atoms with van der Waals surface area (Å²) in [6, 6.07) is 20.3. The van der Waals surface area contributed by atoms with Gasteiger partial charge in [0.1, 0.15) is 0 Å². The average molecular weight is 546 g/mol. The molecule has 38 heavy (non-hydrogen) atoms. The number of ether oxygens (including phenoxy) is 1. The number of halogens is 3. The molecular formula is C28H28F3N2O4S-. The van der Waals surface area contributed by atoms with Crippen LogP contribution in [0.15, 0.2) is 78.9 Å². The first-order valence-corrected chi connectivity index (χ1v) is 13.3. The predicted molar refractivity (Wildman–Crippen MR) is 138 cm³/mol. The van der Waals surface area contributed by atoms with Gasteiger partial charge in [0.25, 0.3) is 0 Å². The zero-order chi connectivity index (χ0) is 27.3. The topological polar surface area (TPSA) is 81.7 Å². The molecule has 1 heterocycles. The number of benzene rings is 3. The van der Waals surface area contributed by atoms with Crippen molar-refractivity contribution in [3.63, 3.8) is 0 Å². The van der Waals surface area contributed by atoms with E-state index in [2.05, 4.69) is 5.32 Å². The maximum absolute atomic E-state index is 15.0. The van der Waals surface area contributed by atoms with Gasteiger partial charge in [-0.15, -0.1) is 0 Å². The van der Waals surface area contributed by atoms with Gasteiger partial charge in [-0.3, -0.25) is 13.9 Å². The zero-order valence-corrected chi connectivity index (χ0v) is 21.6. The summed E-state index contributed by atoms with van der Waals surface area (Å²) in [6.07, 6.45) is -4.60. The minimum Gasteiger partial charge on any atom is -0.772 e. The smallest absolute Gasteiger partial charge is 0.415 e. The molecule has 3 aromatic rings. The summed E-state index contributed by atoms with van der Waals surface area (Å²) in [5.41, 5.74) is -0.532. The number of carbonyl (C=O) groups excluding carboxylic acids is 1. The quantitative estimate of drug-likeness (QED) is 0.406. The lowest BCUT2D eigenvalue weighted by Crippen LogP contribution is -2.60. The molecule has 0 radical (unpaired) electrons. The molecular weight excluding hydrogens is 517 g/mol. The summed E-state index contributed by atoms with van der Waals surface area (Å²) in [5, 5.41) is 2.07. The van der Waals surface area contributed by atoms with E-state index < -0.39 is 28.0 Å². The fourth-order valence-electron chi connectivity index (χ4n) is 4.82. The Balaban J connectivity index is 1.56. The Hall–Kier alpha value is -3.05. The third kappa shape index (κ3) is 5.83.